The van der Waals surface area contributed by atoms with Gasteiger partial charge in [0.15, 0.2) is 0 Å². The zero-order chi connectivity index (χ0) is 28.2. The minimum atomic E-state index is -4.22. The highest BCUT2D eigenvalue weighted by Crippen LogP contribution is 2.31. The van der Waals surface area contributed by atoms with E-state index >= 15 is 0 Å². The number of para-hydroxylation sites is 1. The highest BCUT2D eigenvalue weighted by atomic mass is 35.5. The fraction of sp³-hybridized carbons (Fsp3) is 0.0385. The molecule has 202 valence electrons. The van der Waals surface area contributed by atoms with Gasteiger partial charge in [0.1, 0.15) is 12.4 Å². The van der Waals surface area contributed by atoms with Gasteiger partial charge in [-0.3, -0.25) is 13.8 Å². The molecule has 0 unspecified atom stereocenters. The van der Waals surface area contributed by atoms with Crippen LogP contribution in [0.2, 0.25) is 10.0 Å². The zero-order valence-electron chi connectivity index (χ0n) is 19.9. The van der Waals surface area contributed by atoms with Gasteiger partial charge < -0.3 is 5.32 Å². The smallest absolute Gasteiger partial charge is 0.264 e. The van der Waals surface area contributed by atoms with Crippen LogP contribution in [-0.4, -0.2) is 29.3 Å². The van der Waals surface area contributed by atoms with Crippen LogP contribution in [-0.2, 0) is 24.8 Å². The molecule has 0 aromatic heterocycles. The number of amides is 1. The first-order valence-corrected chi connectivity index (χ1v) is 14.9. The highest BCUT2D eigenvalue weighted by molar-refractivity contribution is 7.93. The Bertz CT molecular complexity index is 1700. The molecular formula is C26H20Cl2FN3O5S2. The molecule has 8 nitrogen and oxygen atoms in total. The summed E-state index contributed by atoms with van der Waals surface area (Å²) in [5, 5.41) is 2.79. The fourth-order valence-corrected chi connectivity index (χ4v) is 6.37. The monoisotopic (exact) mass is 607 g/mol. The third-order valence-corrected chi connectivity index (χ3v) is 9.37. The van der Waals surface area contributed by atoms with Gasteiger partial charge in [0.25, 0.3) is 20.0 Å². The van der Waals surface area contributed by atoms with Crippen LogP contribution >= 0.6 is 23.2 Å². The van der Waals surface area contributed by atoms with E-state index < -0.39 is 38.3 Å². The quantitative estimate of drug-likeness (QED) is 0.251. The Balaban J connectivity index is 1.52. The normalized spacial score (nSPS) is 11.6. The molecule has 4 aromatic carbocycles. The van der Waals surface area contributed by atoms with Gasteiger partial charge >= 0.3 is 0 Å². The van der Waals surface area contributed by atoms with Crippen LogP contribution in [0.25, 0.3) is 0 Å². The van der Waals surface area contributed by atoms with Crippen LogP contribution in [0.1, 0.15) is 0 Å². The van der Waals surface area contributed by atoms with Crippen LogP contribution in [0.5, 0.6) is 0 Å². The molecule has 0 bridgehead atoms. The van der Waals surface area contributed by atoms with Crippen LogP contribution in [0.15, 0.2) is 107 Å². The summed E-state index contributed by atoms with van der Waals surface area (Å²) in [5.74, 6) is -1.29. The van der Waals surface area contributed by atoms with Crippen molar-refractivity contribution in [2.45, 2.75) is 9.79 Å². The zero-order valence-corrected chi connectivity index (χ0v) is 23.0. The first kappa shape index (κ1) is 28.4. The molecule has 2 N–H and O–H groups in total. The molecule has 13 heteroatoms. The molecule has 0 saturated heterocycles. The fourth-order valence-electron chi connectivity index (χ4n) is 3.48. The summed E-state index contributed by atoms with van der Waals surface area (Å²) in [4.78, 5) is 12.6. The Morgan fingerprint density at radius 2 is 1.38 bits per heavy atom. The van der Waals surface area contributed by atoms with E-state index in [-0.39, 0.29) is 36.9 Å². The minimum Gasteiger partial charge on any atom is -0.325 e. The largest absolute Gasteiger partial charge is 0.325 e. The second-order valence-electron chi connectivity index (χ2n) is 8.08. The van der Waals surface area contributed by atoms with Gasteiger partial charge in [0, 0.05) is 5.69 Å². The first-order valence-electron chi connectivity index (χ1n) is 11.2. The Morgan fingerprint density at radius 1 is 0.769 bits per heavy atom. The van der Waals surface area contributed by atoms with Gasteiger partial charge in [-0.2, -0.15) is 0 Å². The molecule has 39 heavy (non-hydrogen) atoms. The summed E-state index contributed by atoms with van der Waals surface area (Å²) in [6.07, 6.45) is 0. The lowest BCUT2D eigenvalue weighted by molar-refractivity contribution is -0.114. The Labute approximate surface area is 235 Å². The molecule has 1 amide bonds. The number of halogens is 3. The average Bonchev–Trinajstić information content (AvgIpc) is 2.91. The van der Waals surface area contributed by atoms with Gasteiger partial charge in [-0.05, 0) is 72.8 Å². The summed E-state index contributed by atoms with van der Waals surface area (Å²) in [6, 6.07) is 22.0. The number of rotatable bonds is 9. The Hall–Kier alpha value is -3.64. The van der Waals surface area contributed by atoms with Crippen LogP contribution in [0.3, 0.4) is 0 Å². The summed E-state index contributed by atoms with van der Waals surface area (Å²) in [5.41, 5.74) is 0.556. The molecule has 0 saturated carbocycles. The SMILES string of the molecule is O=C(CN(c1ccccc1)S(=O)(=O)c1ccc(F)cc1)Nc1ccc(S(=O)(=O)Nc2cccc(Cl)c2Cl)cc1. The van der Waals surface area contributed by atoms with E-state index in [9.17, 15) is 26.0 Å². The lowest BCUT2D eigenvalue weighted by atomic mass is 10.3. The van der Waals surface area contributed by atoms with Crippen molar-refractivity contribution in [1.29, 1.82) is 0 Å². The second-order valence-corrected chi connectivity index (χ2v) is 12.4. The number of sulfonamides is 2. The number of hydrogen-bond donors (Lipinski definition) is 2. The van der Waals surface area contributed by atoms with Crippen molar-refractivity contribution in [3.63, 3.8) is 0 Å². The van der Waals surface area contributed by atoms with Crippen LogP contribution in [0.4, 0.5) is 21.5 Å². The van der Waals surface area contributed by atoms with E-state index in [2.05, 4.69) is 10.0 Å². The third kappa shape index (κ3) is 6.69. The molecule has 0 atom stereocenters. The van der Waals surface area contributed by atoms with Crippen molar-refractivity contribution in [2.75, 3.05) is 20.9 Å². The molecule has 0 radical (unpaired) electrons. The molecular weight excluding hydrogens is 588 g/mol. The minimum absolute atomic E-state index is 0.0465. The number of carbonyl (C=O) groups is 1. The number of anilines is 3. The Morgan fingerprint density at radius 3 is 2.03 bits per heavy atom. The van der Waals surface area contributed by atoms with Crippen molar-refractivity contribution >= 4 is 66.2 Å². The van der Waals surface area contributed by atoms with E-state index in [1.807, 2.05) is 0 Å². The number of benzene rings is 4. The lowest BCUT2D eigenvalue weighted by Crippen LogP contribution is -2.38. The molecule has 0 aliphatic rings. The van der Waals surface area contributed by atoms with E-state index in [0.29, 0.717) is 0 Å². The topological polar surface area (TPSA) is 113 Å². The summed E-state index contributed by atoms with van der Waals surface area (Å²) >= 11 is 12.0. The van der Waals surface area contributed by atoms with Gasteiger partial charge in [-0.1, -0.05) is 47.5 Å². The third-order valence-electron chi connectivity index (χ3n) is 5.38. The summed E-state index contributed by atoms with van der Waals surface area (Å²) in [7, 11) is -8.25. The van der Waals surface area contributed by atoms with Crippen LogP contribution < -0.4 is 14.3 Å². The number of carbonyl (C=O) groups excluding carboxylic acids is 1. The standard InChI is InChI=1S/C26H20Cl2FN3O5S2/c27-23-7-4-8-24(26(23)28)31-38(34,35)21-15-11-19(12-16-21)30-25(33)17-32(20-5-2-1-3-6-20)39(36,37)22-13-9-18(29)10-14-22/h1-16,31H,17H2,(H,30,33). The van der Waals surface area contributed by atoms with Crippen molar-refractivity contribution in [3.05, 3.63) is 113 Å². The maximum absolute atomic E-state index is 13.4. The van der Waals surface area contributed by atoms with Gasteiger partial charge in [0.2, 0.25) is 5.91 Å². The van der Waals surface area contributed by atoms with E-state index in [1.54, 1.807) is 24.3 Å². The van der Waals surface area contributed by atoms with Gasteiger partial charge in [-0.15, -0.1) is 0 Å². The van der Waals surface area contributed by atoms with E-state index in [4.69, 9.17) is 23.2 Å². The second kappa shape index (κ2) is 11.6. The van der Waals surface area contributed by atoms with Crippen molar-refractivity contribution < 1.29 is 26.0 Å². The molecule has 0 heterocycles. The molecule has 4 aromatic rings. The van der Waals surface area contributed by atoms with E-state index in [1.165, 1.54) is 48.5 Å². The van der Waals surface area contributed by atoms with E-state index in [0.717, 1.165) is 28.6 Å². The number of hydrogen-bond acceptors (Lipinski definition) is 5. The predicted molar refractivity (Wildman–Crippen MR) is 150 cm³/mol. The van der Waals surface area contributed by atoms with Gasteiger partial charge in [-0.25, -0.2) is 21.2 Å². The first-order chi connectivity index (χ1) is 18.5. The van der Waals surface area contributed by atoms with Crippen molar-refractivity contribution in [2.24, 2.45) is 0 Å². The maximum Gasteiger partial charge on any atom is 0.264 e. The summed E-state index contributed by atoms with van der Waals surface area (Å²) in [6.45, 7) is -0.599. The molecule has 0 aliphatic heterocycles. The number of nitrogens with one attached hydrogen (secondary N) is 2. The highest BCUT2D eigenvalue weighted by Gasteiger charge is 2.27. The van der Waals surface area contributed by atoms with Gasteiger partial charge in [0.05, 0.1) is 31.2 Å². The molecule has 0 spiro atoms. The average molecular weight is 609 g/mol. The molecule has 0 fully saturated rings. The Kier molecular flexibility index (Phi) is 8.45. The molecule has 4 rings (SSSR count). The lowest BCUT2D eigenvalue weighted by Gasteiger charge is -2.24. The predicted octanol–water partition coefficient (Wildman–Crippen LogP) is 5.77. The van der Waals surface area contributed by atoms with Crippen LogP contribution in [0, 0.1) is 5.82 Å². The molecule has 0 aliphatic carbocycles. The number of nitrogens with zero attached hydrogens (tertiary/aromatic N) is 1. The maximum atomic E-state index is 13.4. The van der Waals surface area contributed by atoms with Crippen molar-refractivity contribution in [1.82, 2.24) is 0 Å². The summed E-state index contributed by atoms with van der Waals surface area (Å²) < 4.78 is 68.8. The van der Waals surface area contributed by atoms with Crippen molar-refractivity contribution in [3.8, 4) is 0 Å².